The number of nitriles is 1. The molecular formula is C11H12N6. The summed E-state index contributed by atoms with van der Waals surface area (Å²) in [7, 11) is 1.89. The standard InChI is InChI=1S/C11H12N6/c1-8(13-2)10-4-3-9(6-14-10)17-7-15-11(5-12)16-17/h3-4,6-8,13H,1-2H3. The second-order valence-corrected chi connectivity index (χ2v) is 3.58. The van der Waals surface area contributed by atoms with E-state index in [2.05, 4.69) is 20.4 Å². The van der Waals surface area contributed by atoms with Gasteiger partial charge in [0, 0.05) is 6.04 Å². The summed E-state index contributed by atoms with van der Waals surface area (Å²) in [4.78, 5) is 8.16. The molecule has 0 radical (unpaired) electrons. The third-order valence-corrected chi connectivity index (χ3v) is 2.50. The summed E-state index contributed by atoms with van der Waals surface area (Å²) in [6, 6.07) is 5.90. The van der Waals surface area contributed by atoms with Gasteiger partial charge in [-0.3, -0.25) is 4.98 Å². The second kappa shape index (κ2) is 4.72. The summed E-state index contributed by atoms with van der Waals surface area (Å²) in [6.45, 7) is 2.03. The van der Waals surface area contributed by atoms with Crippen LogP contribution in [0, 0.1) is 11.3 Å². The second-order valence-electron chi connectivity index (χ2n) is 3.58. The van der Waals surface area contributed by atoms with Crippen LogP contribution >= 0.6 is 0 Å². The van der Waals surface area contributed by atoms with E-state index in [4.69, 9.17) is 5.26 Å². The zero-order valence-electron chi connectivity index (χ0n) is 9.62. The molecule has 1 atom stereocenters. The summed E-state index contributed by atoms with van der Waals surface area (Å²) in [5.41, 5.74) is 1.74. The van der Waals surface area contributed by atoms with Gasteiger partial charge in [0.1, 0.15) is 12.4 Å². The molecule has 0 saturated heterocycles. The topological polar surface area (TPSA) is 79.4 Å². The predicted octanol–water partition coefficient (Wildman–Crippen LogP) is 0.814. The molecule has 0 spiro atoms. The molecule has 0 aliphatic rings. The number of rotatable bonds is 3. The van der Waals surface area contributed by atoms with Crippen LogP contribution in [-0.4, -0.2) is 26.8 Å². The molecule has 2 aromatic rings. The van der Waals surface area contributed by atoms with Crippen molar-refractivity contribution in [3.05, 3.63) is 36.2 Å². The minimum atomic E-state index is 0.151. The smallest absolute Gasteiger partial charge is 0.252 e. The van der Waals surface area contributed by atoms with Gasteiger partial charge in [0.05, 0.1) is 17.6 Å². The van der Waals surface area contributed by atoms with Crippen LogP contribution in [0.15, 0.2) is 24.7 Å². The van der Waals surface area contributed by atoms with E-state index in [0.29, 0.717) is 0 Å². The average Bonchev–Trinajstić information content (AvgIpc) is 2.87. The fourth-order valence-electron chi connectivity index (χ4n) is 1.38. The first-order valence-electron chi connectivity index (χ1n) is 5.20. The lowest BCUT2D eigenvalue weighted by Gasteiger charge is -2.09. The molecule has 0 amide bonds. The molecule has 2 heterocycles. The molecule has 6 heteroatoms. The molecule has 0 bridgehead atoms. The number of nitrogens with one attached hydrogen (secondary N) is 1. The van der Waals surface area contributed by atoms with Crippen molar-refractivity contribution in [2.75, 3.05) is 7.05 Å². The van der Waals surface area contributed by atoms with Gasteiger partial charge in [0.15, 0.2) is 0 Å². The van der Waals surface area contributed by atoms with E-state index >= 15 is 0 Å². The number of hydrogen-bond donors (Lipinski definition) is 1. The largest absolute Gasteiger partial charge is 0.312 e. The molecule has 2 aromatic heterocycles. The average molecular weight is 228 g/mol. The van der Waals surface area contributed by atoms with Crippen molar-refractivity contribution in [2.24, 2.45) is 0 Å². The van der Waals surface area contributed by atoms with Gasteiger partial charge in [-0.25, -0.2) is 9.67 Å². The molecule has 1 unspecified atom stereocenters. The Morgan fingerprint density at radius 1 is 1.41 bits per heavy atom. The molecule has 0 aliphatic carbocycles. The molecule has 0 aromatic carbocycles. The van der Waals surface area contributed by atoms with Crippen molar-refractivity contribution in [3.63, 3.8) is 0 Å². The molecular weight excluding hydrogens is 216 g/mol. The lowest BCUT2D eigenvalue weighted by atomic mass is 10.2. The van der Waals surface area contributed by atoms with Crippen LogP contribution in [0.25, 0.3) is 5.69 Å². The first-order chi connectivity index (χ1) is 8.24. The number of pyridine rings is 1. The van der Waals surface area contributed by atoms with Gasteiger partial charge in [0.25, 0.3) is 5.82 Å². The van der Waals surface area contributed by atoms with Gasteiger partial charge >= 0.3 is 0 Å². The van der Waals surface area contributed by atoms with E-state index in [1.54, 1.807) is 6.20 Å². The highest BCUT2D eigenvalue weighted by Gasteiger charge is 2.05. The lowest BCUT2D eigenvalue weighted by molar-refractivity contribution is 0.632. The predicted molar refractivity (Wildman–Crippen MR) is 61.3 cm³/mol. The number of nitrogens with zero attached hydrogens (tertiary/aromatic N) is 5. The van der Waals surface area contributed by atoms with Crippen molar-refractivity contribution >= 4 is 0 Å². The van der Waals surface area contributed by atoms with Gasteiger partial charge in [0.2, 0.25) is 0 Å². The Hall–Kier alpha value is -2.26. The third kappa shape index (κ3) is 2.29. The van der Waals surface area contributed by atoms with Crippen LogP contribution in [0.2, 0.25) is 0 Å². The highest BCUT2D eigenvalue weighted by atomic mass is 15.3. The highest BCUT2D eigenvalue weighted by molar-refractivity contribution is 5.29. The van der Waals surface area contributed by atoms with E-state index in [1.807, 2.05) is 32.2 Å². The maximum Gasteiger partial charge on any atom is 0.252 e. The maximum absolute atomic E-state index is 8.63. The van der Waals surface area contributed by atoms with Crippen molar-refractivity contribution in [3.8, 4) is 11.8 Å². The van der Waals surface area contributed by atoms with Gasteiger partial charge in [-0.2, -0.15) is 5.26 Å². The van der Waals surface area contributed by atoms with Crippen LogP contribution in [0.5, 0.6) is 0 Å². The Bertz CT molecular complexity index is 536. The van der Waals surface area contributed by atoms with E-state index < -0.39 is 0 Å². The van der Waals surface area contributed by atoms with Crippen molar-refractivity contribution in [2.45, 2.75) is 13.0 Å². The maximum atomic E-state index is 8.63. The van der Waals surface area contributed by atoms with Crippen LogP contribution in [0.4, 0.5) is 0 Å². The fraction of sp³-hybridized carbons (Fsp3) is 0.273. The monoisotopic (exact) mass is 228 g/mol. The van der Waals surface area contributed by atoms with Gasteiger partial charge in [-0.05, 0) is 26.1 Å². The van der Waals surface area contributed by atoms with Crippen molar-refractivity contribution < 1.29 is 0 Å². The molecule has 0 fully saturated rings. The minimum Gasteiger partial charge on any atom is -0.312 e. The molecule has 1 N–H and O–H groups in total. The quantitative estimate of drug-likeness (QED) is 0.841. The molecule has 2 rings (SSSR count). The Kier molecular flexibility index (Phi) is 3.12. The lowest BCUT2D eigenvalue weighted by Crippen LogP contribution is -2.13. The van der Waals surface area contributed by atoms with Crippen LogP contribution < -0.4 is 5.32 Å². The minimum absolute atomic E-state index is 0.151. The third-order valence-electron chi connectivity index (χ3n) is 2.50. The van der Waals surface area contributed by atoms with Crippen LogP contribution in [0.1, 0.15) is 24.5 Å². The molecule has 6 nitrogen and oxygen atoms in total. The summed E-state index contributed by atoms with van der Waals surface area (Å²) < 4.78 is 1.53. The molecule has 17 heavy (non-hydrogen) atoms. The summed E-state index contributed by atoms with van der Waals surface area (Å²) >= 11 is 0. The first-order valence-corrected chi connectivity index (χ1v) is 5.20. The molecule has 86 valence electrons. The van der Waals surface area contributed by atoms with Gasteiger partial charge < -0.3 is 5.32 Å². The summed E-state index contributed by atoms with van der Waals surface area (Å²) in [5, 5.41) is 15.7. The van der Waals surface area contributed by atoms with E-state index in [9.17, 15) is 0 Å². The Labute approximate surface area is 98.9 Å². The Morgan fingerprint density at radius 2 is 2.24 bits per heavy atom. The number of hydrogen-bond acceptors (Lipinski definition) is 5. The van der Waals surface area contributed by atoms with E-state index in [1.165, 1.54) is 11.0 Å². The normalized spacial score (nSPS) is 12.1. The molecule has 0 aliphatic heterocycles. The van der Waals surface area contributed by atoms with E-state index in [-0.39, 0.29) is 11.9 Å². The number of aromatic nitrogens is 4. The zero-order valence-corrected chi connectivity index (χ0v) is 9.62. The Morgan fingerprint density at radius 3 is 2.76 bits per heavy atom. The first kappa shape index (κ1) is 11.2. The summed E-state index contributed by atoms with van der Waals surface area (Å²) in [5.74, 6) is 0.151. The van der Waals surface area contributed by atoms with Crippen molar-refractivity contribution in [1.82, 2.24) is 25.1 Å². The van der Waals surface area contributed by atoms with E-state index in [0.717, 1.165) is 11.4 Å². The fourth-order valence-corrected chi connectivity index (χ4v) is 1.38. The van der Waals surface area contributed by atoms with Gasteiger partial charge in [-0.1, -0.05) is 0 Å². The van der Waals surface area contributed by atoms with Crippen LogP contribution in [0.3, 0.4) is 0 Å². The van der Waals surface area contributed by atoms with Crippen LogP contribution in [-0.2, 0) is 0 Å². The highest BCUT2D eigenvalue weighted by Crippen LogP contribution is 2.11. The van der Waals surface area contributed by atoms with Crippen molar-refractivity contribution in [1.29, 1.82) is 5.26 Å². The summed E-state index contributed by atoms with van der Waals surface area (Å²) in [6.07, 6.45) is 3.20. The molecule has 0 saturated carbocycles. The SMILES string of the molecule is CNC(C)c1ccc(-n2cnc(C#N)n2)cn1. The van der Waals surface area contributed by atoms with Gasteiger partial charge in [-0.15, -0.1) is 5.10 Å². The Balaban J connectivity index is 2.26. The zero-order chi connectivity index (χ0) is 12.3.